The molecule has 0 atom stereocenters. The minimum Gasteiger partial charge on any atom is -0.314 e. The standard InChI is InChI=1S/C18H28N2/c1-16(2)9-13-20-14-10-18(11-15-20)19-12-8-17-6-4-3-5-7-17/h3-7,9,18-19H,8,10-15H2,1-2H3. The van der Waals surface area contributed by atoms with Crippen molar-refractivity contribution < 1.29 is 0 Å². The van der Waals surface area contributed by atoms with Gasteiger partial charge in [0.1, 0.15) is 0 Å². The van der Waals surface area contributed by atoms with Crippen molar-refractivity contribution in [2.24, 2.45) is 0 Å². The van der Waals surface area contributed by atoms with Crippen LogP contribution >= 0.6 is 0 Å². The Labute approximate surface area is 123 Å². The molecule has 1 N–H and O–H groups in total. The van der Waals surface area contributed by atoms with Gasteiger partial charge in [-0.15, -0.1) is 0 Å². The third-order valence-corrected chi connectivity index (χ3v) is 4.03. The number of likely N-dealkylation sites (tertiary alicyclic amines) is 1. The Kier molecular flexibility index (Phi) is 6.28. The lowest BCUT2D eigenvalue weighted by Gasteiger charge is -2.31. The maximum Gasteiger partial charge on any atom is 0.0165 e. The molecule has 1 fully saturated rings. The van der Waals surface area contributed by atoms with Crippen molar-refractivity contribution in [2.45, 2.75) is 39.2 Å². The monoisotopic (exact) mass is 272 g/mol. The first-order valence-corrected chi connectivity index (χ1v) is 7.87. The van der Waals surface area contributed by atoms with E-state index in [4.69, 9.17) is 0 Å². The average Bonchev–Trinajstić information content (AvgIpc) is 2.47. The molecule has 0 aliphatic carbocycles. The van der Waals surface area contributed by atoms with Gasteiger partial charge in [-0.1, -0.05) is 42.0 Å². The molecule has 1 saturated heterocycles. The van der Waals surface area contributed by atoms with Crippen molar-refractivity contribution in [1.82, 2.24) is 10.2 Å². The predicted octanol–water partition coefficient (Wildman–Crippen LogP) is 3.25. The van der Waals surface area contributed by atoms with E-state index in [0.717, 1.165) is 19.5 Å². The van der Waals surface area contributed by atoms with E-state index >= 15 is 0 Å². The van der Waals surface area contributed by atoms with Crippen LogP contribution in [0.5, 0.6) is 0 Å². The Morgan fingerprint density at radius 2 is 1.90 bits per heavy atom. The zero-order chi connectivity index (χ0) is 14.2. The molecule has 1 aromatic carbocycles. The molecular weight excluding hydrogens is 244 g/mol. The lowest BCUT2D eigenvalue weighted by Crippen LogP contribution is -2.43. The van der Waals surface area contributed by atoms with Crippen LogP contribution in [-0.2, 0) is 6.42 Å². The third kappa shape index (κ3) is 5.48. The van der Waals surface area contributed by atoms with Gasteiger partial charge in [-0.3, -0.25) is 4.90 Å². The van der Waals surface area contributed by atoms with E-state index in [1.54, 1.807) is 0 Å². The van der Waals surface area contributed by atoms with Crippen molar-refractivity contribution in [1.29, 1.82) is 0 Å². The first-order chi connectivity index (χ1) is 9.74. The number of rotatable bonds is 6. The maximum absolute atomic E-state index is 3.71. The van der Waals surface area contributed by atoms with Gasteiger partial charge >= 0.3 is 0 Å². The molecular formula is C18H28N2. The highest BCUT2D eigenvalue weighted by atomic mass is 15.1. The molecule has 0 radical (unpaired) electrons. The zero-order valence-electron chi connectivity index (χ0n) is 12.9. The quantitative estimate of drug-likeness (QED) is 0.800. The number of benzene rings is 1. The van der Waals surface area contributed by atoms with Crippen LogP contribution in [0.1, 0.15) is 32.3 Å². The lowest BCUT2D eigenvalue weighted by atomic mass is 10.0. The molecule has 2 rings (SSSR count). The van der Waals surface area contributed by atoms with Gasteiger partial charge in [0.2, 0.25) is 0 Å². The second kappa shape index (κ2) is 8.23. The molecule has 0 aromatic heterocycles. The normalized spacial score (nSPS) is 17.1. The number of nitrogens with zero attached hydrogens (tertiary/aromatic N) is 1. The first-order valence-electron chi connectivity index (χ1n) is 7.87. The summed E-state index contributed by atoms with van der Waals surface area (Å²) in [6, 6.07) is 11.5. The Balaban J connectivity index is 1.61. The number of hydrogen-bond donors (Lipinski definition) is 1. The van der Waals surface area contributed by atoms with E-state index in [2.05, 4.69) is 60.5 Å². The summed E-state index contributed by atoms with van der Waals surface area (Å²) in [4.78, 5) is 2.56. The van der Waals surface area contributed by atoms with Gasteiger partial charge < -0.3 is 5.32 Å². The number of piperidine rings is 1. The van der Waals surface area contributed by atoms with Gasteiger partial charge in [0.15, 0.2) is 0 Å². The van der Waals surface area contributed by atoms with E-state index < -0.39 is 0 Å². The van der Waals surface area contributed by atoms with E-state index in [1.165, 1.54) is 37.1 Å². The molecule has 0 unspecified atom stereocenters. The van der Waals surface area contributed by atoms with Crippen LogP contribution in [0.15, 0.2) is 42.0 Å². The minimum absolute atomic E-state index is 0.710. The summed E-state index contributed by atoms with van der Waals surface area (Å²) in [5.74, 6) is 0. The summed E-state index contributed by atoms with van der Waals surface area (Å²) in [7, 11) is 0. The van der Waals surface area contributed by atoms with Gasteiger partial charge in [0.25, 0.3) is 0 Å². The molecule has 0 spiro atoms. The largest absolute Gasteiger partial charge is 0.314 e. The SMILES string of the molecule is CC(C)=CCN1CCC(NCCc2ccccc2)CC1. The number of nitrogens with one attached hydrogen (secondary N) is 1. The predicted molar refractivity (Wildman–Crippen MR) is 87.0 cm³/mol. The zero-order valence-corrected chi connectivity index (χ0v) is 12.9. The molecule has 1 aliphatic rings. The van der Waals surface area contributed by atoms with Crippen LogP contribution < -0.4 is 5.32 Å². The fraction of sp³-hybridized carbons (Fsp3) is 0.556. The molecule has 1 heterocycles. The van der Waals surface area contributed by atoms with E-state index in [1.807, 2.05) is 0 Å². The maximum atomic E-state index is 3.71. The summed E-state index contributed by atoms with van der Waals surface area (Å²) in [6.45, 7) is 9.04. The van der Waals surface area contributed by atoms with Crippen LogP contribution in [0.2, 0.25) is 0 Å². The van der Waals surface area contributed by atoms with Crippen LogP contribution in [0.3, 0.4) is 0 Å². The second-order valence-electron chi connectivity index (χ2n) is 6.05. The molecule has 0 bridgehead atoms. The number of hydrogen-bond acceptors (Lipinski definition) is 2. The Morgan fingerprint density at radius 1 is 1.20 bits per heavy atom. The molecule has 110 valence electrons. The van der Waals surface area contributed by atoms with Crippen molar-refractivity contribution in [3.8, 4) is 0 Å². The van der Waals surface area contributed by atoms with Gasteiger partial charge in [-0.2, -0.15) is 0 Å². The van der Waals surface area contributed by atoms with Crippen LogP contribution in [0.4, 0.5) is 0 Å². The minimum atomic E-state index is 0.710. The van der Waals surface area contributed by atoms with E-state index in [-0.39, 0.29) is 0 Å². The highest BCUT2D eigenvalue weighted by Crippen LogP contribution is 2.10. The Morgan fingerprint density at radius 3 is 2.55 bits per heavy atom. The van der Waals surface area contributed by atoms with Crippen molar-refractivity contribution in [2.75, 3.05) is 26.2 Å². The van der Waals surface area contributed by atoms with E-state index in [0.29, 0.717) is 6.04 Å². The smallest absolute Gasteiger partial charge is 0.0165 e. The highest BCUT2D eigenvalue weighted by Gasteiger charge is 2.17. The van der Waals surface area contributed by atoms with Gasteiger partial charge in [0, 0.05) is 12.6 Å². The highest BCUT2D eigenvalue weighted by molar-refractivity contribution is 5.14. The fourth-order valence-corrected chi connectivity index (χ4v) is 2.70. The van der Waals surface area contributed by atoms with Crippen molar-refractivity contribution in [3.05, 3.63) is 47.5 Å². The number of allylic oxidation sites excluding steroid dienone is 1. The molecule has 0 saturated carbocycles. The second-order valence-corrected chi connectivity index (χ2v) is 6.05. The van der Waals surface area contributed by atoms with Crippen LogP contribution in [0, 0.1) is 0 Å². The van der Waals surface area contributed by atoms with Gasteiger partial charge in [-0.25, -0.2) is 0 Å². The lowest BCUT2D eigenvalue weighted by molar-refractivity contribution is 0.215. The molecule has 2 heteroatoms. The summed E-state index contributed by atoms with van der Waals surface area (Å²) >= 11 is 0. The summed E-state index contributed by atoms with van der Waals surface area (Å²) in [5, 5.41) is 3.71. The van der Waals surface area contributed by atoms with Crippen LogP contribution in [0.25, 0.3) is 0 Å². The third-order valence-electron chi connectivity index (χ3n) is 4.03. The fourth-order valence-electron chi connectivity index (χ4n) is 2.70. The molecule has 0 amide bonds. The average molecular weight is 272 g/mol. The molecule has 1 aliphatic heterocycles. The summed E-state index contributed by atoms with van der Waals surface area (Å²) in [5.41, 5.74) is 2.86. The first kappa shape index (κ1) is 15.3. The van der Waals surface area contributed by atoms with Gasteiger partial charge in [-0.05, 0) is 58.3 Å². The molecule has 20 heavy (non-hydrogen) atoms. The Hall–Kier alpha value is -1.12. The van der Waals surface area contributed by atoms with Crippen LogP contribution in [-0.4, -0.2) is 37.1 Å². The molecule has 1 aromatic rings. The molecule has 2 nitrogen and oxygen atoms in total. The Bertz CT molecular complexity index is 399. The summed E-state index contributed by atoms with van der Waals surface area (Å²) < 4.78 is 0. The van der Waals surface area contributed by atoms with Crippen molar-refractivity contribution in [3.63, 3.8) is 0 Å². The van der Waals surface area contributed by atoms with Gasteiger partial charge in [0.05, 0.1) is 0 Å². The topological polar surface area (TPSA) is 15.3 Å². The van der Waals surface area contributed by atoms with Crippen molar-refractivity contribution >= 4 is 0 Å². The summed E-state index contributed by atoms with van der Waals surface area (Å²) in [6.07, 6.45) is 6.04. The van der Waals surface area contributed by atoms with E-state index in [9.17, 15) is 0 Å².